The summed E-state index contributed by atoms with van der Waals surface area (Å²) in [5.41, 5.74) is 0.137. The molecule has 0 radical (unpaired) electrons. The summed E-state index contributed by atoms with van der Waals surface area (Å²) in [6.45, 7) is 6.02. The summed E-state index contributed by atoms with van der Waals surface area (Å²) in [5.74, 6) is 0. The van der Waals surface area contributed by atoms with Crippen LogP contribution in [0.3, 0.4) is 0 Å². The van der Waals surface area contributed by atoms with Crippen LogP contribution in [0.15, 0.2) is 54.6 Å². The Balaban J connectivity index is 1.85. The fraction of sp³-hybridized carbons (Fsp3) is 0.409. The number of carbonyl (C=O) groups excluding carboxylic acids is 1. The molecule has 4 nitrogen and oxygen atoms in total. The van der Waals surface area contributed by atoms with E-state index in [0.717, 1.165) is 11.1 Å². The Morgan fingerprint density at radius 2 is 1.81 bits per heavy atom. The van der Waals surface area contributed by atoms with Crippen LogP contribution in [0.1, 0.15) is 50.8 Å². The third-order valence-electron chi connectivity index (χ3n) is 5.11. The van der Waals surface area contributed by atoms with Crippen molar-refractivity contribution in [3.8, 4) is 0 Å². The van der Waals surface area contributed by atoms with Gasteiger partial charge in [-0.25, -0.2) is 4.79 Å². The maximum Gasteiger partial charge on any atom is 0.411 e. The molecule has 3 rings (SSSR count). The Kier molecular flexibility index (Phi) is 5.50. The highest BCUT2D eigenvalue weighted by atomic mass is 35.5. The lowest BCUT2D eigenvalue weighted by molar-refractivity contribution is -0.101. The molecule has 2 aromatic rings. The van der Waals surface area contributed by atoms with Gasteiger partial charge in [-0.1, -0.05) is 54.1 Å². The Labute approximate surface area is 165 Å². The van der Waals surface area contributed by atoms with E-state index in [-0.39, 0.29) is 12.1 Å². The van der Waals surface area contributed by atoms with Crippen LogP contribution in [0.2, 0.25) is 5.02 Å². The average molecular weight is 388 g/mol. The Bertz CT molecular complexity index is 785. The molecule has 1 aliphatic heterocycles. The van der Waals surface area contributed by atoms with E-state index >= 15 is 0 Å². The maximum absolute atomic E-state index is 12.9. The van der Waals surface area contributed by atoms with Gasteiger partial charge in [-0.15, -0.1) is 0 Å². The molecule has 27 heavy (non-hydrogen) atoms. The van der Waals surface area contributed by atoms with E-state index in [0.29, 0.717) is 24.4 Å². The number of hydrogen-bond donors (Lipinski definition) is 1. The summed E-state index contributed by atoms with van der Waals surface area (Å²) < 4.78 is 6.02. The maximum atomic E-state index is 12.9. The predicted molar refractivity (Wildman–Crippen MR) is 107 cm³/mol. The van der Waals surface area contributed by atoms with Crippen molar-refractivity contribution in [2.24, 2.45) is 0 Å². The molecular weight excluding hydrogens is 362 g/mol. The van der Waals surface area contributed by atoms with Gasteiger partial charge in [0.25, 0.3) is 0 Å². The van der Waals surface area contributed by atoms with Gasteiger partial charge in [0.2, 0.25) is 0 Å². The lowest BCUT2D eigenvalue weighted by Crippen LogP contribution is -2.51. The molecule has 1 saturated heterocycles. The summed E-state index contributed by atoms with van der Waals surface area (Å²) in [6.07, 6.45) is 0.598. The van der Waals surface area contributed by atoms with Gasteiger partial charge in [0.15, 0.2) is 0 Å². The zero-order valence-electron chi connectivity index (χ0n) is 16.0. The number of hydrogen-bond acceptors (Lipinski definition) is 3. The zero-order valence-corrected chi connectivity index (χ0v) is 16.7. The van der Waals surface area contributed by atoms with Crippen LogP contribution >= 0.6 is 11.6 Å². The number of cyclic esters (lactones) is 1. The van der Waals surface area contributed by atoms with Crippen molar-refractivity contribution in [1.29, 1.82) is 0 Å². The lowest BCUT2D eigenvalue weighted by atomic mass is 9.80. The molecule has 2 unspecified atom stereocenters. The molecule has 144 valence electrons. The van der Waals surface area contributed by atoms with Gasteiger partial charge in [0.05, 0.1) is 11.6 Å². The Morgan fingerprint density at radius 1 is 1.19 bits per heavy atom. The van der Waals surface area contributed by atoms with Crippen LogP contribution in [-0.4, -0.2) is 28.2 Å². The Morgan fingerprint density at radius 3 is 2.37 bits per heavy atom. The van der Waals surface area contributed by atoms with Crippen molar-refractivity contribution >= 4 is 17.7 Å². The van der Waals surface area contributed by atoms with Crippen LogP contribution in [0, 0.1) is 0 Å². The summed E-state index contributed by atoms with van der Waals surface area (Å²) >= 11 is 5.97. The van der Waals surface area contributed by atoms with E-state index in [1.807, 2.05) is 61.5 Å². The third kappa shape index (κ3) is 4.45. The molecule has 2 atom stereocenters. The highest BCUT2D eigenvalue weighted by molar-refractivity contribution is 6.30. The number of ether oxygens (including phenoxy) is 1. The molecule has 1 amide bonds. The van der Waals surface area contributed by atoms with E-state index < -0.39 is 11.2 Å². The van der Waals surface area contributed by atoms with Crippen molar-refractivity contribution in [3.05, 3.63) is 70.7 Å². The second-order valence-electron chi connectivity index (χ2n) is 7.89. The second kappa shape index (κ2) is 7.53. The van der Waals surface area contributed by atoms with E-state index in [4.69, 9.17) is 16.3 Å². The van der Waals surface area contributed by atoms with Gasteiger partial charge in [0.1, 0.15) is 5.60 Å². The third-order valence-corrected chi connectivity index (χ3v) is 5.36. The summed E-state index contributed by atoms with van der Waals surface area (Å²) in [7, 11) is 0. The smallest absolute Gasteiger partial charge is 0.411 e. The van der Waals surface area contributed by atoms with Crippen molar-refractivity contribution in [2.75, 3.05) is 6.54 Å². The molecule has 1 heterocycles. The molecule has 1 N–H and O–H groups in total. The molecular formula is C22H26ClNO3. The predicted octanol–water partition coefficient (Wildman–Crippen LogP) is 5.30. The topological polar surface area (TPSA) is 49.8 Å². The quantitative estimate of drug-likeness (QED) is 0.757. The summed E-state index contributed by atoms with van der Waals surface area (Å²) in [6, 6.07) is 17.1. The molecule has 1 fully saturated rings. The van der Waals surface area contributed by atoms with Gasteiger partial charge in [-0.05, 0) is 44.0 Å². The van der Waals surface area contributed by atoms with Gasteiger partial charge in [-0.3, -0.25) is 0 Å². The first-order valence-corrected chi connectivity index (χ1v) is 9.61. The Hall–Kier alpha value is -2.04. The standard InChI is InChI=1S/C22H26ClNO3/c1-16(17-9-11-19(23)12-10-17)24-14-13-22(27-20(24)25,15-21(2,3)26)18-7-5-4-6-8-18/h4-12,16,26H,13-15H2,1-3H3. The minimum absolute atomic E-state index is 0.120. The first-order chi connectivity index (χ1) is 12.7. The van der Waals surface area contributed by atoms with Crippen LogP contribution in [0.5, 0.6) is 0 Å². The fourth-order valence-corrected chi connectivity index (χ4v) is 3.94. The minimum Gasteiger partial charge on any atom is -0.438 e. The van der Waals surface area contributed by atoms with E-state index in [9.17, 15) is 9.90 Å². The van der Waals surface area contributed by atoms with Crippen molar-refractivity contribution in [1.82, 2.24) is 4.90 Å². The van der Waals surface area contributed by atoms with Crippen molar-refractivity contribution < 1.29 is 14.6 Å². The van der Waals surface area contributed by atoms with Gasteiger partial charge in [-0.2, -0.15) is 0 Å². The number of aliphatic hydroxyl groups is 1. The molecule has 0 bridgehead atoms. The number of halogens is 1. The molecule has 1 aliphatic rings. The monoisotopic (exact) mass is 387 g/mol. The first-order valence-electron chi connectivity index (χ1n) is 9.23. The number of benzene rings is 2. The first kappa shape index (κ1) is 19.7. The normalized spacial score (nSPS) is 21.7. The highest BCUT2D eigenvalue weighted by Crippen LogP contribution is 2.42. The second-order valence-corrected chi connectivity index (χ2v) is 8.32. The number of carbonyl (C=O) groups is 1. The number of rotatable bonds is 5. The number of nitrogens with zero attached hydrogens (tertiary/aromatic N) is 1. The molecule has 0 spiro atoms. The molecule has 0 aromatic heterocycles. The SMILES string of the molecule is CC(c1ccc(Cl)cc1)N1CCC(CC(C)(C)O)(c2ccccc2)OC1=O. The van der Waals surface area contributed by atoms with E-state index in [2.05, 4.69) is 0 Å². The largest absolute Gasteiger partial charge is 0.438 e. The summed E-state index contributed by atoms with van der Waals surface area (Å²) in [4.78, 5) is 14.7. The fourth-order valence-electron chi connectivity index (χ4n) is 3.81. The van der Waals surface area contributed by atoms with Gasteiger partial charge in [0, 0.05) is 24.4 Å². The van der Waals surface area contributed by atoms with E-state index in [1.54, 1.807) is 18.7 Å². The minimum atomic E-state index is -0.958. The van der Waals surface area contributed by atoms with Crippen molar-refractivity contribution in [2.45, 2.75) is 50.9 Å². The lowest BCUT2D eigenvalue weighted by Gasteiger charge is -2.45. The molecule has 2 aromatic carbocycles. The number of amides is 1. The van der Waals surface area contributed by atoms with Crippen LogP contribution in [0.4, 0.5) is 4.79 Å². The zero-order chi connectivity index (χ0) is 19.7. The highest BCUT2D eigenvalue weighted by Gasteiger charge is 2.46. The average Bonchev–Trinajstić information content (AvgIpc) is 2.61. The van der Waals surface area contributed by atoms with Gasteiger partial charge >= 0.3 is 6.09 Å². The van der Waals surface area contributed by atoms with Gasteiger partial charge < -0.3 is 14.7 Å². The molecule has 0 aliphatic carbocycles. The molecule has 0 saturated carbocycles. The van der Waals surface area contributed by atoms with Crippen LogP contribution < -0.4 is 0 Å². The van der Waals surface area contributed by atoms with Crippen LogP contribution in [0.25, 0.3) is 0 Å². The van der Waals surface area contributed by atoms with E-state index in [1.165, 1.54) is 0 Å². The summed E-state index contributed by atoms with van der Waals surface area (Å²) in [5, 5.41) is 11.1. The van der Waals surface area contributed by atoms with Crippen molar-refractivity contribution in [3.63, 3.8) is 0 Å². The molecule has 5 heteroatoms. The van der Waals surface area contributed by atoms with Crippen LogP contribution in [-0.2, 0) is 10.3 Å².